The molecule has 2 aromatic heterocycles. The quantitative estimate of drug-likeness (QED) is 0.344. The largest absolute Gasteiger partial charge is 0.479 e. The van der Waals surface area contributed by atoms with Gasteiger partial charge in [0.25, 0.3) is 0 Å². The maximum absolute atomic E-state index is 13.0. The summed E-state index contributed by atoms with van der Waals surface area (Å²) in [5, 5.41) is 17.1. The van der Waals surface area contributed by atoms with Crippen LogP contribution in [0.4, 0.5) is 9.52 Å². The number of epoxide rings is 1. The molecule has 2 amide bonds. The van der Waals surface area contributed by atoms with Crippen LogP contribution in [0.15, 0.2) is 40.5 Å². The van der Waals surface area contributed by atoms with Crippen molar-refractivity contribution in [1.29, 1.82) is 0 Å². The molecular formula is C19H17FN4O5S2. The molecular weight excluding hydrogens is 447 g/mol. The first-order chi connectivity index (χ1) is 15.0. The van der Waals surface area contributed by atoms with E-state index >= 15 is 0 Å². The van der Waals surface area contributed by atoms with Crippen LogP contribution in [0.1, 0.15) is 5.69 Å². The molecule has 3 aromatic rings. The molecule has 1 fully saturated rings. The fourth-order valence-electron chi connectivity index (χ4n) is 2.32. The number of carboxylic acids is 1. The van der Waals surface area contributed by atoms with E-state index in [9.17, 15) is 18.8 Å². The van der Waals surface area contributed by atoms with E-state index in [4.69, 9.17) is 5.11 Å². The Morgan fingerprint density at radius 3 is 2.61 bits per heavy atom. The van der Waals surface area contributed by atoms with Crippen molar-refractivity contribution in [2.45, 2.75) is 18.6 Å². The molecule has 1 aromatic carbocycles. The number of aliphatic carboxylic acids is 1. The number of ether oxygens (including phenoxy) is 1. The molecule has 0 bridgehead atoms. The summed E-state index contributed by atoms with van der Waals surface area (Å²) in [7, 11) is 0. The van der Waals surface area contributed by atoms with Gasteiger partial charge in [-0.25, -0.2) is 19.2 Å². The highest BCUT2D eigenvalue weighted by Crippen LogP contribution is 2.25. The minimum Gasteiger partial charge on any atom is -0.479 e. The van der Waals surface area contributed by atoms with Gasteiger partial charge in [-0.2, -0.15) is 0 Å². The minimum absolute atomic E-state index is 0.296. The van der Waals surface area contributed by atoms with Crippen molar-refractivity contribution in [3.8, 4) is 11.3 Å². The summed E-state index contributed by atoms with van der Waals surface area (Å²) in [5.41, 5.74) is 3.79. The minimum atomic E-state index is -0.852. The maximum Gasteiger partial charge on any atom is 0.335 e. The summed E-state index contributed by atoms with van der Waals surface area (Å²) >= 11 is 2.68. The van der Waals surface area contributed by atoms with Crippen LogP contribution in [-0.2, 0) is 25.5 Å². The van der Waals surface area contributed by atoms with Crippen LogP contribution in [0, 0.1) is 5.82 Å². The maximum atomic E-state index is 13.0. The van der Waals surface area contributed by atoms with Crippen molar-refractivity contribution in [2.75, 3.05) is 11.9 Å². The summed E-state index contributed by atoms with van der Waals surface area (Å²) in [6, 6.07) is 5.21. The topological polar surface area (TPSA) is 134 Å². The van der Waals surface area contributed by atoms with Gasteiger partial charge in [-0.1, -0.05) is 0 Å². The predicted octanol–water partition coefficient (Wildman–Crippen LogP) is 2.17. The van der Waals surface area contributed by atoms with E-state index in [-0.39, 0.29) is 11.7 Å². The van der Waals surface area contributed by atoms with Crippen LogP contribution in [0.3, 0.4) is 0 Å². The molecule has 162 valence electrons. The second-order valence-electron chi connectivity index (χ2n) is 6.22. The first kappa shape index (κ1) is 22.5. The van der Waals surface area contributed by atoms with Crippen LogP contribution in [0.2, 0.25) is 0 Å². The van der Waals surface area contributed by atoms with E-state index in [1.54, 1.807) is 23.0 Å². The lowest BCUT2D eigenvalue weighted by atomic mass is 10.1. The zero-order chi connectivity index (χ0) is 22.2. The Bertz CT molecular complexity index is 1020. The molecule has 4 rings (SSSR count). The van der Waals surface area contributed by atoms with Gasteiger partial charge in [-0.15, -0.1) is 22.7 Å². The molecule has 2 atom stereocenters. The number of benzene rings is 1. The first-order valence-corrected chi connectivity index (χ1v) is 10.7. The summed E-state index contributed by atoms with van der Waals surface area (Å²) < 4.78 is 17.4. The zero-order valence-electron chi connectivity index (χ0n) is 15.9. The van der Waals surface area contributed by atoms with Gasteiger partial charge >= 0.3 is 5.97 Å². The number of carbonyl (C=O) groups is 3. The average Bonchev–Trinajstić information content (AvgIpc) is 3.30. The third-order valence-electron chi connectivity index (χ3n) is 3.97. The van der Waals surface area contributed by atoms with E-state index < -0.39 is 18.1 Å². The van der Waals surface area contributed by atoms with E-state index in [1.165, 1.54) is 34.8 Å². The highest BCUT2D eigenvalue weighted by Gasteiger charge is 2.30. The van der Waals surface area contributed by atoms with Crippen molar-refractivity contribution < 1.29 is 28.6 Å². The highest BCUT2D eigenvalue weighted by atomic mass is 32.1. The Balaban J connectivity index is 0.000000391. The van der Waals surface area contributed by atoms with Gasteiger partial charge in [-0.3, -0.25) is 9.59 Å². The standard InChI is InChI=1S/C16H13FN4O2S2.C3H4O3/c17-11-3-1-10(2-4-11)14-7-25-16(20-14)21-15(23)13(18-8-22)5-12-6-24-9-19-12;4-3(5)2-1-6-2/h1-4,6-9,13H,5H2,(H,18,22)(H,20,21,23);2H,1H2,(H,4,5). The van der Waals surface area contributed by atoms with Crippen LogP contribution in [0.5, 0.6) is 0 Å². The number of rotatable bonds is 8. The normalized spacial score (nSPS) is 15.2. The van der Waals surface area contributed by atoms with Crippen molar-refractivity contribution in [1.82, 2.24) is 15.3 Å². The number of nitrogens with zero attached hydrogens (tertiary/aromatic N) is 2. The van der Waals surface area contributed by atoms with Crippen molar-refractivity contribution >= 4 is 46.1 Å². The number of nitrogens with one attached hydrogen (secondary N) is 2. The molecule has 0 aliphatic carbocycles. The van der Waals surface area contributed by atoms with Crippen molar-refractivity contribution in [3.63, 3.8) is 0 Å². The second-order valence-corrected chi connectivity index (χ2v) is 7.79. The zero-order valence-corrected chi connectivity index (χ0v) is 17.5. The molecule has 3 N–H and O–H groups in total. The first-order valence-electron chi connectivity index (χ1n) is 8.89. The van der Waals surface area contributed by atoms with Gasteiger partial charge in [0, 0.05) is 22.7 Å². The van der Waals surface area contributed by atoms with Crippen LogP contribution in [0.25, 0.3) is 11.3 Å². The number of halogens is 1. The molecule has 1 aliphatic rings. The fraction of sp³-hybridized carbons (Fsp3) is 0.211. The van der Waals surface area contributed by atoms with Gasteiger partial charge in [0.2, 0.25) is 12.3 Å². The molecule has 3 heterocycles. The summed E-state index contributed by atoms with van der Waals surface area (Å²) in [4.78, 5) is 41.2. The van der Waals surface area contributed by atoms with Crippen LogP contribution in [-0.4, -0.2) is 52.1 Å². The molecule has 0 spiro atoms. The summed E-state index contributed by atoms with van der Waals surface area (Å²) in [6.45, 7) is 0.398. The molecule has 1 aliphatic heterocycles. The second kappa shape index (κ2) is 10.7. The number of amides is 2. The van der Waals surface area contributed by atoms with E-state index in [0.717, 1.165) is 11.3 Å². The van der Waals surface area contributed by atoms with Gasteiger partial charge in [0.15, 0.2) is 11.2 Å². The molecule has 31 heavy (non-hydrogen) atoms. The molecule has 9 nitrogen and oxygen atoms in total. The Morgan fingerprint density at radius 2 is 2.06 bits per heavy atom. The predicted molar refractivity (Wildman–Crippen MR) is 112 cm³/mol. The lowest BCUT2D eigenvalue weighted by molar-refractivity contribution is -0.138. The van der Waals surface area contributed by atoms with E-state index in [0.29, 0.717) is 30.3 Å². The monoisotopic (exact) mass is 464 g/mol. The van der Waals surface area contributed by atoms with Crippen LogP contribution >= 0.6 is 22.7 Å². The number of thiazole rings is 2. The SMILES string of the molecule is O=C(O)C1CO1.O=CNC(Cc1cscn1)C(=O)Nc1nc(-c2ccc(F)cc2)cs1. The molecule has 1 saturated heterocycles. The van der Waals surface area contributed by atoms with Crippen molar-refractivity contribution in [3.05, 3.63) is 52.0 Å². The van der Waals surface area contributed by atoms with Gasteiger partial charge < -0.3 is 20.5 Å². The van der Waals surface area contributed by atoms with Gasteiger partial charge in [0.1, 0.15) is 11.9 Å². The molecule has 0 saturated carbocycles. The Hall–Kier alpha value is -3.22. The van der Waals surface area contributed by atoms with Gasteiger partial charge in [0.05, 0.1) is 23.5 Å². The number of carboxylic acid groups (broad SMARTS) is 1. The van der Waals surface area contributed by atoms with E-state index in [2.05, 4.69) is 25.3 Å². The lowest BCUT2D eigenvalue weighted by Crippen LogP contribution is -2.41. The van der Waals surface area contributed by atoms with Crippen molar-refractivity contribution in [2.24, 2.45) is 0 Å². The smallest absolute Gasteiger partial charge is 0.335 e. The third-order valence-corrected chi connectivity index (χ3v) is 5.36. The summed E-state index contributed by atoms with van der Waals surface area (Å²) in [5.74, 6) is -1.55. The number of anilines is 1. The Morgan fingerprint density at radius 1 is 1.32 bits per heavy atom. The molecule has 12 heteroatoms. The fourth-order valence-corrected chi connectivity index (χ4v) is 3.62. The van der Waals surface area contributed by atoms with E-state index in [1.807, 2.05) is 5.38 Å². The highest BCUT2D eigenvalue weighted by molar-refractivity contribution is 7.14. The van der Waals surface area contributed by atoms with Crippen LogP contribution < -0.4 is 10.6 Å². The molecule has 2 unspecified atom stereocenters. The lowest BCUT2D eigenvalue weighted by Gasteiger charge is -2.13. The number of hydrogen-bond donors (Lipinski definition) is 3. The average molecular weight is 465 g/mol. The number of hydrogen-bond acceptors (Lipinski definition) is 8. The number of aromatic nitrogens is 2. The Labute approximate surface area is 183 Å². The summed E-state index contributed by atoms with van der Waals surface area (Å²) in [6.07, 6.45) is 0.303. The Kier molecular flexibility index (Phi) is 7.76. The van der Waals surface area contributed by atoms with Gasteiger partial charge in [-0.05, 0) is 24.3 Å². The third kappa shape index (κ3) is 6.91. The molecule has 0 radical (unpaired) electrons. The number of carbonyl (C=O) groups excluding carboxylic acids is 2.